The maximum Gasteiger partial charge on any atom is 0.00897 e. The van der Waals surface area contributed by atoms with Crippen LogP contribution in [0.1, 0.15) is 53.4 Å². The molecule has 0 amide bonds. The molecule has 0 rings (SSSR count). The minimum Gasteiger partial charge on any atom is -0.301 e. The molecule has 0 spiro atoms. The Morgan fingerprint density at radius 3 is 1.92 bits per heavy atom. The first kappa shape index (κ1) is 12.0. The Hall–Kier alpha value is -0.0400. The van der Waals surface area contributed by atoms with Crippen LogP contribution in [-0.2, 0) is 0 Å². The SMILES string of the molecule is CCCC(C)N(C)C(CC)CC. The fourth-order valence-electron chi connectivity index (χ4n) is 1.85. The van der Waals surface area contributed by atoms with Crippen molar-refractivity contribution < 1.29 is 0 Å². The van der Waals surface area contributed by atoms with Crippen molar-refractivity contribution >= 4 is 0 Å². The topological polar surface area (TPSA) is 3.24 Å². The fraction of sp³-hybridized carbons (Fsp3) is 1.00. The molecule has 0 fully saturated rings. The summed E-state index contributed by atoms with van der Waals surface area (Å²) < 4.78 is 0. The van der Waals surface area contributed by atoms with Crippen LogP contribution < -0.4 is 0 Å². The van der Waals surface area contributed by atoms with Gasteiger partial charge in [0.1, 0.15) is 0 Å². The Bertz CT molecular complexity index is 97.2. The molecule has 0 aromatic carbocycles. The zero-order valence-corrected chi connectivity index (χ0v) is 9.43. The molecule has 1 unspecified atom stereocenters. The van der Waals surface area contributed by atoms with Crippen LogP contribution in [0.5, 0.6) is 0 Å². The highest BCUT2D eigenvalue weighted by Gasteiger charge is 2.15. The van der Waals surface area contributed by atoms with Crippen LogP contribution in [-0.4, -0.2) is 24.0 Å². The van der Waals surface area contributed by atoms with E-state index in [0.717, 1.165) is 12.1 Å². The quantitative estimate of drug-likeness (QED) is 0.592. The van der Waals surface area contributed by atoms with Gasteiger partial charge < -0.3 is 4.90 Å². The van der Waals surface area contributed by atoms with Crippen molar-refractivity contribution in [2.75, 3.05) is 7.05 Å². The Kier molecular flexibility index (Phi) is 6.45. The molecule has 74 valence electrons. The fourth-order valence-corrected chi connectivity index (χ4v) is 1.85. The molecular formula is C11H25N. The molecule has 0 aliphatic carbocycles. The third kappa shape index (κ3) is 3.57. The van der Waals surface area contributed by atoms with E-state index in [2.05, 4.69) is 39.6 Å². The first-order valence-electron chi connectivity index (χ1n) is 5.39. The van der Waals surface area contributed by atoms with E-state index in [9.17, 15) is 0 Å². The van der Waals surface area contributed by atoms with Gasteiger partial charge in [-0.05, 0) is 33.2 Å². The van der Waals surface area contributed by atoms with E-state index in [1.165, 1.54) is 25.7 Å². The Morgan fingerprint density at radius 1 is 1.08 bits per heavy atom. The minimum absolute atomic E-state index is 0.750. The first-order chi connectivity index (χ1) is 5.67. The lowest BCUT2D eigenvalue weighted by Gasteiger charge is -2.31. The maximum absolute atomic E-state index is 2.53. The molecule has 12 heavy (non-hydrogen) atoms. The second-order valence-electron chi connectivity index (χ2n) is 3.77. The van der Waals surface area contributed by atoms with Crippen LogP contribution in [0.4, 0.5) is 0 Å². The van der Waals surface area contributed by atoms with Gasteiger partial charge in [0.15, 0.2) is 0 Å². The van der Waals surface area contributed by atoms with E-state index >= 15 is 0 Å². The van der Waals surface area contributed by atoms with E-state index in [1.807, 2.05) is 0 Å². The average Bonchev–Trinajstić information content (AvgIpc) is 2.07. The summed E-state index contributed by atoms with van der Waals surface area (Å²) in [6.45, 7) is 9.16. The summed E-state index contributed by atoms with van der Waals surface area (Å²) in [5.41, 5.74) is 0. The lowest BCUT2D eigenvalue weighted by Crippen LogP contribution is -2.37. The molecule has 0 aliphatic rings. The van der Waals surface area contributed by atoms with Gasteiger partial charge in [-0.1, -0.05) is 27.2 Å². The van der Waals surface area contributed by atoms with Gasteiger partial charge >= 0.3 is 0 Å². The van der Waals surface area contributed by atoms with E-state index in [-0.39, 0.29) is 0 Å². The normalized spacial score (nSPS) is 14.2. The molecule has 1 atom stereocenters. The van der Waals surface area contributed by atoms with Crippen LogP contribution >= 0.6 is 0 Å². The molecule has 1 nitrogen and oxygen atoms in total. The standard InChI is InChI=1S/C11H25N/c1-6-9-10(4)12(5)11(7-2)8-3/h10-11H,6-9H2,1-5H3. The maximum atomic E-state index is 2.53. The smallest absolute Gasteiger partial charge is 0.00897 e. The van der Waals surface area contributed by atoms with Crippen molar-refractivity contribution in [2.45, 2.75) is 65.5 Å². The van der Waals surface area contributed by atoms with Crippen LogP contribution in [0.3, 0.4) is 0 Å². The summed E-state index contributed by atoms with van der Waals surface area (Å²) in [6, 6.07) is 1.53. The second-order valence-corrected chi connectivity index (χ2v) is 3.77. The molecule has 0 saturated carbocycles. The third-order valence-electron chi connectivity index (χ3n) is 2.92. The van der Waals surface area contributed by atoms with E-state index in [0.29, 0.717) is 0 Å². The Morgan fingerprint density at radius 2 is 1.58 bits per heavy atom. The highest BCUT2D eigenvalue weighted by Crippen LogP contribution is 2.12. The number of rotatable bonds is 6. The molecule has 0 aliphatic heterocycles. The molecular weight excluding hydrogens is 146 g/mol. The number of hydrogen-bond acceptors (Lipinski definition) is 1. The van der Waals surface area contributed by atoms with E-state index in [4.69, 9.17) is 0 Å². The Labute approximate surface area is 78.1 Å². The predicted molar refractivity (Wildman–Crippen MR) is 56.5 cm³/mol. The van der Waals surface area contributed by atoms with Gasteiger partial charge in [0, 0.05) is 12.1 Å². The molecule has 0 saturated heterocycles. The van der Waals surface area contributed by atoms with Crippen molar-refractivity contribution in [3.8, 4) is 0 Å². The van der Waals surface area contributed by atoms with E-state index in [1.54, 1.807) is 0 Å². The highest BCUT2D eigenvalue weighted by atomic mass is 15.1. The molecule has 0 aromatic rings. The summed E-state index contributed by atoms with van der Waals surface area (Å²) in [5, 5.41) is 0. The lowest BCUT2D eigenvalue weighted by atomic mass is 10.1. The summed E-state index contributed by atoms with van der Waals surface area (Å²) in [5.74, 6) is 0. The van der Waals surface area contributed by atoms with Crippen molar-refractivity contribution in [1.29, 1.82) is 0 Å². The summed E-state index contributed by atoms with van der Waals surface area (Å²) in [6.07, 6.45) is 5.18. The van der Waals surface area contributed by atoms with Gasteiger partial charge in [-0.15, -0.1) is 0 Å². The molecule has 0 N–H and O–H groups in total. The second kappa shape index (κ2) is 6.47. The van der Waals surface area contributed by atoms with Gasteiger partial charge in [-0.25, -0.2) is 0 Å². The van der Waals surface area contributed by atoms with Crippen molar-refractivity contribution in [3.63, 3.8) is 0 Å². The van der Waals surface area contributed by atoms with Crippen molar-refractivity contribution in [1.82, 2.24) is 4.90 Å². The molecule has 0 bridgehead atoms. The van der Waals surface area contributed by atoms with Gasteiger partial charge in [-0.3, -0.25) is 0 Å². The summed E-state index contributed by atoms with van der Waals surface area (Å²) >= 11 is 0. The van der Waals surface area contributed by atoms with Crippen LogP contribution in [0, 0.1) is 0 Å². The van der Waals surface area contributed by atoms with Crippen LogP contribution in [0.25, 0.3) is 0 Å². The lowest BCUT2D eigenvalue weighted by molar-refractivity contribution is 0.166. The largest absolute Gasteiger partial charge is 0.301 e. The zero-order chi connectivity index (χ0) is 9.56. The van der Waals surface area contributed by atoms with Gasteiger partial charge in [0.2, 0.25) is 0 Å². The first-order valence-corrected chi connectivity index (χ1v) is 5.39. The van der Waals surface area contributed by atoms with Gasteiger partial charge in [-0.2, -0.15) is 0 Å². The average molecular weight is 171 g/mol. The predicted octanol–water partition coefficient (Wildman–Crippen LogP) is 3.30. The summed E-state index contributed by atoms with van der Waals surface area (Å²) in [4.78, 5) is 2.53. The van der Waals surface area contributed by atoms with Crippen LogP contribution in [0.2, 0.25) is 0 Å². The minimum atomic E-state index is 0.750. The van der Waals surface area contributed by atoms with Gasteiger partial charge in [0.25, 0.3) is 0 Å². The zero-order valence-electron chi connectivity index (χ0n) is 9.43. The van der Waals surface area contributed by atoms with E-state index < -0.39 is 0 Å². The van der Waals surface area contributed by atoms with Crippen molar-refractivity contribution in [2.24, 2.45) is 0 Å². The van der Waals surface area contributed by atoms with Gasteiger partial charge in [0.05, 0.1) is 0 Å². The third-order valence-corrected chi connectivity index (χ3v) is 2.92. The van der Waals surface area contributed by atoms with Crippen molar-refractivity contribution in [3.05, 3.63) is 0 Å². The molecule has 0 radical (unpaired) electrons. The Balaban J connectivity index is 3.87. The molecule has 0 aromatic heterocycles. The highest BCUT2D eigenvalue weighted by molar-refractivity contribution is 4.70. The molecule has 0 heterocycles. The molecule has 1 heteroatoms. The summed E-state index contributed by atoms with van der Waals surface area (Å²) in [7, 11) is 2.26. The van der Waals surface area contributed by atoms with Crippen LogP contribution in [0.15, 0.2) is 0 Å². The number of hydrogen-bond donors (Lipinski definition) is 0. The monoisotopic (exact) mass is 171 g/mol. The number of nitrogens with zero attached hydrogens (tertiary/aromatic N) is 1.